The second-order valence-corrected chi connectivity index (χ2v) is 9.75. The standard InChI is InChI=1S/C31H27N3O4/c1-31(2,3)38-30(37)34-26-15-14-22(25-13-7-10-21-9-4-5-12-24(21)25)17-27(26)33-29(36)18-28(35)23-11-6-8-20(16-23)19-32/h4-17H,18H2,1-3H3,(H,33,36)(H,34,37). The molecule has 2 amide bonds. The molecule has 7 heteroatoms. The van der Waals surface area contributed by atoms with E-state index in [4.69, 9.17) is 10.00 Å². The van der Waals surface area contributed by atoms with Gasteiger partial charge in [-0.05, 0) is 66.9 Å². The maximum absolute atomic E-state index is 12.9. The smallest absolute Gasteiger partial charge is 0.412 e. The number of hydrogen-bond donors (Lipinski definition) is 2. The number of nitriles is 1. The van der Waals surface area contributed by atoms with Gasteiger partial charge in [0, 0.05) is 5.56 Å². The monoisotopic (exact) mass is 505 g/mol. The summed E-state index contributed by atoms with van der Waals surface area (Å²) in [6, 6.07) is 27.4. The molecule has 0 aromatic heterocycles. The Kier molecular flexibility index (Phi) is 7.54. The van der Waals surface area contributed by atoms with Crippen LogP contribution in [0.25, 0.3) is 21.9 Å². The van der Waals surface area contributed by atoms with Crippen LogP contribution in [0.1, 0.15) is 43.1 Å². The Morgan fingerprint density at radius 1 is 0.842 bits per heavy atom. The molecular weight excluding hydrogens is 478 g/mol. The van der Waals surface area contributed by atoms with Gasteiger partial charge in [0.1, 0.15) is 5.60 Å². The van der Waals surface area contributed by atoms with Crippen molar-refractivity contribution >= 4 is 39.9 Å². The summed E-state index contributed by atoms with van der Waals surface area (Å²) in [5, 5.41) is 16.7. The molecule has 0 aliphatic carbocycles. The van der Waals surface area contributed by atoms with Gasteiger partial charge in [0.15, 0.2) is 5.78 Å². The van der Waals surface area contributed by atoms with Crippen LogP contribution in [0.15, 0.2) is 84.9 Å². The number of anilines is 2. The van der Waals surface area contributed by atoms with E-state index < -0.39 is 29.8 Å². The van der Waals surface area contributed by atoms with Crippen molar-refractivity contribution in [3.8, 4) is 17.2 Å². The third-order valence-electron chi connectivity index (χ3n) is 5.66. The number of ether oxygens (including phenoxy) is 1. The molecule has 0 aliphatic heterocycles. The Labute approximate surface area is 221 Å². The van der Waals surface area contributed by atoms with Crippen molar-refractivity contribution in [2.75, 3.05) is 10.6 Å². The van der Waals surface area contributed by atoms with Crippen LogP contribution >= 0.6 is 0 Å². The first kappa shape index (κ1) is 26.1. The van der Waals surface area contributed by atoms with E-state index in [9.17, 15) is 14.4 Å². The molecule has 0 atom stereocenters. The summed E-state index contributed by atoms with van der Waals surface area (Å²) in [6.07, 6.45) is -1.10. The number of nitrogens with zero attached hydrogens (tertiary/aromatic N) is 1. The number of fused-ring (bicyclic) bond motifs is 1. The minimum atomic E-state index is -0.708. The van der Waals surface area contributed by atoms with Crippen LogP contribution in [0, 0.1) is 11.3 Å². The number of benzene rings is 4. The summed E-state index contributed by atoms with van der Waals surface area (Å²) in [4.78, 5) is 38.1. The average molecular weight is 506 g/mol. The molecule has 4 aromatic rings. The zero-order valence-corrected chi connectivity index (χ0v) is 21.4. The number of nitrogens with one attached hydrogen (secondary N) is 2. The van der Waals surface area contributed by atoms with E-state index >= 15 is 0 Å². The molecule has 7 nitrogen and oxygen atoms in total. The number of rotatable bonds is 6. The van der Waals surface area contributed by atoms with Crippen molar-refractivity contribution in [3.63, 3.8) is 0 Å². The molecule has 2 N–H and O–H groups in total. The van der Waals surface area contributed by atoms with E-state index in [-0.39, 0.29) is 5.56 Å². The second kappa shape index (κ2) is 11.0. The first-order valence-corrected chi connectivity index (χ1v) is 12.1. The van der Waals surface area contributed by atoms with Gasteiger partial charge in [-0.25, -0.2) is 4.79 Å². The highest BCUT2D eigenvalue weighted by Gasteiger charge is 2.19. The summed E-state index contributed by atoms with van der Waals surface area (Å²) in [5.74, 6) is -0.980. The first-order chi connectivity index (χ1) is 18.1. The summed E-state index contributed by atoms with van der Waals surface area (Å²) >= 11 is 0. The second-order valence-electron chi connectivity index (χ2n) is 9.75. The molecule has 0 saturated heterocycles. The SMILES string of the molecule is CC(C)(C)OC(=O)Nc1ccc(-c2cccc3ccccc23)cc1NC(=O)CC(=O)c1cccc(C#N)c1. The fourth-order valence-electron chi connectivity index (χ4n) is 4.02. The lowest BCUT2D eigenvalue weighted by molar-refractivity contribution is -0.115. The molecule has 0 aliphatic rings. The van der Waals surface area contributed by atoms with Gasteiger partial charge < -0.3 is 10.1 Å². The van der Waals surface area contributed by atoms with Gasteiger partial charge in [-0.15, -0.1) is 0 Å². The van der Waals surface area contributed by atoms with E-state index in [0.29, 0.717) is 16.9 Å². The molecule has 0 fully saturated rings. The quantitative estimate of drug-likeness (QED) is 0.218. The molecule has 38 heavy (non-hydrogen) atoms. The Hall–Kier alpha value is -4.96. The summed E-state index contributed by atoms with van der Waals surface area (Å²) < 4.78 is 5.38. The van der Waals surface area contributed by atoms with Gasteiger partial charge in [-0.3, -0.25) is 14.9 Å². The molecule has 0 bridgehead atoms. The topological polar surface area (TPSA) is 108 Å². The molecule has 0 radical (unpaired) electrons. The van der Waals surface area contributed by atoms with Crippen molar-refractivity contribution in [2.24, 2.45) is 0 Å². The Bertz CT molecular complexity index is 1570. The van der Waals surface area contributed by atoms with E-state index in [2.05, 4.69) is 10.6 Å². The summed E-state index contributed by atoms with van der Waals surface area (Å²) in [7, 11) is 0. The average Bonchev–Trinajstić information content (AvgIpc) is 2.88. The van der Waals surface area contributed by atoms with Gasteiger partial charge in [0.05, 0.1) is 29.4 Å². The predicted octanol–water partition coefficient (Wildman–Crippen LogP) is 6.94. The molecular formula is C31H27N3O4. The van der Waals surface area contributed by atoms with Crippen molar-refractivity contribution in [1.29, 1.82) is 5.26 Å². The van der Waals surface area contributed by atoms with Gasteiger partial charge >= 0.3 is 6.09 Å². The van der Waals surface area contributed by atoms with Crippen molar-refractivity contribution in [3.05, 3.63) is 96.1 Å². The van der Waals surface area contributed by atoms with Crippen molar-refractivity contribution in [1.82, 2.24) is 0 Å². The zero-order chi connectivity index (χ0) is 27.3. The van der Waals surface area contributed by atoms with Gasteiger partial charge in [0.25, 0.3) is 0 Å². The van der Waals surface area contributed by atoms with Gasteiger partial charge in [0.2, 0.25) is 5.91 Å². The molecule has 0 spiro atoms. The normalized spacial score (nSPS) is 10.9. The number of amides is 2. The van der Waals surface area contributed by atoms with E-state index in [1.165, 1.54) is 6.07 Å². The highest BCUT2D eigenvalue weighted by molar-refractivity contribution is 6.12. The van der Waals surface area contributed by atoms with Gasteiger partial charge in [-0.2, -0.15) is 5.26 Å². The van der Waals surface area contributed by atoms with Crippen molar-refractivity contribution < 1.29 is 19.1 Å². The molecule has 0 saturated carbocycles. The van der Waals surface area contributed by atoms with Crippen LogP contribution in [0.2, 0.25) is 0 Å². The van der Waals surface area contributed by atoms with Crippen LogP contribution in [0.5, 0.6) is 0 Å². The lowest BCUT2D eigenvalue weighted by atomic mass is 9.97. The van der Waals surface area contributed by atoms with Crippen molar-refractivity contribution in [2.45, 2.75) is 32.8 Å². The van der Waals surface area contributed by atoms with E-state index in [1.807, 2.05) is 54.6 Å². The molecule has 0 unspecified atom stereocenters. The third kappa shape index (κ3) is 6.42. The Morgan fingerprint density at radius 3 is 2.34 bits per heavy atom. The fraction of sp³-hybridized carbons (Fsp3) is 0.161. The molecule has 4 aromatic carbocycles. The molecule has 0 heterocycles. The Morgan fingerprint density at radius 2 is 1.58 bits per heavy atom. The minimum Gasteiger partial charge on any atom is -0.444 e. The number of ketones is 1. The van der Waals surface area contributed by atoms with Crippen LogP contribution in [0.3, 0.4) is 0 Å². The zero-order valence-electron chi connectivity index (χ0n) is 21.4. The van der Waals surface area contributed by atoms with Crippen LogP contribution in [-0.2, 0) is 9.53 Å². The number of carbonyl (C=O) groups is 3. The molecule has 4 rings (SSSR count). The van der Waals surface area contributed by atoms with Gasteiger partial charge in [-0.1, -0.05) is 60.7 Å². The number of carbonyl (C=O) groups excluding carboxylic acids is 3. The lowest BCUT2D eigenvalue weighted by Gasteiger charge is -2.21. The lowest BCUT2D eigenvalue weighted by Crippen LogP contribution is -2.27. The number of Topliss-reactive ketones (excluding diaryl/α,β-unsaturated/α-hetero) is 1. The maximum Gasteiger partial charge on any atom is 0.412 e. The predicted molar refractivity (Wildman–Crippen MR) is 148 cm³/mol. The fourth-order valence-corrected chi connectivity index (χ4v) is 4.02. The largest absolute Gasteiger partial charge is 0.444 e. The highest BCUT2D eigenvalue weighted by atomic mass is 16.6. The van der Waals surface area contributed by atoms with Crippen LogP contribution in [-0.4, -0.2) is 23.4 Å². The van der Waals surface area contributed by atoms with E-state index in [0.717, 1.165) is 21.9 Å². The van der Waals surface area contributed by atoms with Crippen LogP contribution < -0.4 is 10.6 Å². The van der Waals surface area contributed by atoms with E-state index in [1.54, 1.807) is 51.1 Å². The summed E-state index contributed by atoms with van der Waals surface area (Å²) in [5.41, 5.74) is 2.33. The minimum absolute atomic E-state index is 0.274. The molecule has 190 valence electrons. The van der Waals surface area contributed by atoms with Crippen LogP contribution in [0.4, 0.5) is 16.2 Å². The highest BCUT2D eigenvalue weighted by Crippen LogP contribution is 2.34. The maximum atomic E-state index is 12.9. The first-order valence-electron chi connectivity index (χ1n) is 12.1. The third-order valence-corrected chi connectivity index (χ3v) is 5.66. The summed E-state index contributed by atoms with van der Waals surface area (Å²) in [6.45, 7) is 5.27. The Balaban J connectivity index is 1.65. The number of hydrogen-bond acceptors (Lipinski definition) is 5.